The van der Waals surface area contributed by atoms with Crippen LogP contribution in [0.4, 0.5) is 4.79 Å². The third-order valence-electron chi connectivity index (χ3n) is 2.15. The molecule has 0 bridgehead atoms. The summed E-state index contributed by atoms with van der Waals surface area (Å²) in [6.45, 7) is 6.28. The van der Waals surface area contributed by atoms with E-state index in [0.717, 1.165) is 19.3 Å². The molecule has 15 heavy (non-hydrogen) atoms. The zero-order valence-electron chi connectivity index (χ0n) is 9.63. The van der Waals surface area contributed by atoms with Gasteiger partial charge in [-0.3, -0.25) is 0 Å². The lowest BCUT2D eigenvalue weighted by molar-refractivity contribution is -0.237. The van der Waals surface area contributed by atoms with Crippen LogP contribution in [0.1, 0.15) is 46.5 Å². The molecule has 3 heteroatoms. The van der Waals surface area contributed by atoms with Crippen LogP contribution >= 0.6 is 0 Å². The fourth-order valence-electron chi connectivity index (χ4n) is 1.29. The lowest BCUT2D eigenvalue weighted by Crippen LogP contribution is -2.49. The molecule has 0 aromatic carbocycles. The van der Waals surface area contributed by atoms with Crippen LogP contribution in [-0.2, 0) is 9.47 Å². The van der Waals surface area contributed by atoms with E-state index >= 15 is 0 Å². The molecule has 0 aliphatic carbocycles. The van der Waals surface area contributed by atoms with E-state index in [2.05, 4.69) is 32.6 Å². The summed E-state index contributed by atoms with van der Waals surface area (Å²) in [5, 5.41) is 0. The number of rotatable bonds is 4. The summed E-state index contributed by atoms with van der Waals surface area (Å²) in [6.07, 6.45) is 2.85. The molecule has 0 N–H and O–H groups in total. The second-order valence-electron chi connectivity index (χ2n) is 4.21. The average molecular weight is 210 g/mol. The van der Waals surface area contributed by atoms with Crippen LogP contribution in [0.5, 0.6) is 0 Å². The van der Waals surface area contributed by atoms with Gasteiger partial charge in [-0.25, -0.2) is 4.79 Å². The zero-order valence-corrected chi connectivity index (χ0v) is 9.63. The molecule has 0 saturated carbocycles. The molecule has 0 radical (unpaired) electrons. The van der Waals surface area contributed by atoms with Crippen molar-refractivity contribution in [2.45, 2.75) is 52.2 Å². The van der Waals surface area contributed by atoms with Gasteiger partial charge >= 0.3 is 11.9 Å². The van der Waals surface area contributed by atoms with Gasteiger partial charge in [0.1, 0.15) is 0 Å². The first-order valence-electron chi connectivity index (χ1n) is 5.50. The van der Waals surface area contributed by atoms with E-state index in [9.17, 15) is 4.79 Å². The second kappa shape index (κ2) is 5.06. The standard InChI is InChI=1S/C12H18O3/c1-4-5-8-12(14-11(13)15-12)9-6-7-10(2)3/h10H,4-5,7-8H2,1-3H3. The minimum Gasteiger partial charge on any atom is -0.379 e. The Hall–Kier alpha value is -1.17. The summed E-state index contributed by atoms with van der Waals surface area (Å²) in [5.74, 6) is 5.51. The Morgan fingerprint density at radius 1 is 1.40 bits per heavy atom. The lowest BCUT2D eigenvalue weighted by Gasteiger charge is -2.35. The topological polar surface area (TPSA) is 35.5 Å². The van der Waals surface area contributed by atoms with Crippen molar-refractivity contribution in [1.29, 1.82) is 0 Å². The number of hydrogen-bond acceptors (Lipinski definition) is 3. The van der Waals surface area contributed by atoms with Gasteiger partial charge in [-0.05, 0) is 18.3 Å². The number of hydrogen-bond donors (Lipinski definition) is 0. The van der Waals surface area contributed by atoms with Crippen molar-refractivity contribution < 1.29 is 14.3 Å². The fraction of sp³-hybridized carbons (Fsp3) is 0.750. The summed E-state index contributed by atoms with van der Waals surface area (Å²) in [7, 11) is 0. The molecule has 0 spiro atoms. The Bertz CT molecular complexity index is 275. The van der Waals surface area contributed by atoms with E-state index in [4.69, 9.17) is 9.47 Å². The highest BCUT2D eigenvalue weighted by Crippen LogP contribution is 2.30. The molecule has 1 aliphatic heterocycles. The summed E-state index contributed by atoms with van der Waals surface area (Å²) in [5.41, 5.74) is 0. The van der Waals surface area contributed by atoms with Crippen molar-refractivity contribution in [1.82, 2.24) is 0 Å². The predicted octanol–water partition coefficient (Wildman–Crippen LogP) is 3.09. The number of ether oxygens (including phenoxy) is 2. The SMILES string of the molecule is CCCCC1(C#CCC(C)C)OC(=O)O1. The maximum Gasteiger partial charge on any atom is 0.516 e. The first-order chi connectivity index (χ1) is 7.08. The van der Waals surface area contributed by atoms with Crippen molar-refractivity contribution >= 4 is 6.16 Å². The Morgan fingerprint density at radius 3 is 2.53 bits per heavy atom. The maximum absolute atomic E-state index is 10.7. The monoisotopic (exact) mass is 210 g/mol. The third-order valence-corrected chi connectivity index (χ3v) is 2.15. The maximum atomic E-state index is 10.7. The van der Waals surface area contributed by atoms with Crippen LogP contribution < -0.4 is 0 Å². The quantitative estimate of drug-likeness (QED) is 0.528. The summed E-state index contributed by atoms with van der Waals surface area (Å²) >= 11 is 0. The molecule has 0 atom stereocenters. The highest BCUT2D eigenvalue weighted by atomic mass is 16.9. The second-order valence-corrected chi connectivity index (χ2v) is 4.21. The molecule has 0 aromatic heterocycles. The number of cyclic esters (lactones) is 2. The fourth-order valence-corrected chi connectivity index (χ4v) is 1.29. The molecule has 1 rings (SSSR count). The molecular formula is C12H18O3. The minimum absolute atomic E-state index is 0.525. The molecule has 1 aliphatic rings. The van der Waals surface area contributed by atoms with E-state index in [-0.39, 0.29) is 0 Å². The van der Waals surface area contributed by atoms with Crippen LogP contribution in [0.15, 0.2) is 0 Å². The number of carbonyl (C=O) groups excluding carboxylic acids is 1. The van der Waals surface area contributed by atoms with Gasteiger partial charge in [-0.2, -0.15) is 0 Å². The van der Waals surface area contributed by atoms with Crippen LogP contribution in [0.25, 0.3) is 0 Å². The molecule has 0 aromatic rings. The Balaban J connectivity index is 2.49. The predicted molar refractivity (Wildman–Crippen MR) is 57.1 cm³/mol. The van der Waals surface area contributed by atoms with Gasteiger partial charge in [-0.1, -0.05) is 33.1 Å². The van der Waals surface area contributed by atoms with Gasteiger partial charge in [-0.15, -0.1) is 0 Å². The largest absolute Gasteiger partial charge is 0.516 e. The average Bonchev–Trinajstić information content (AvgIpc) is 2.11. The van der Waals surface area contributed by atoms with E-state index in [1.165, 1.54) is 0 Å². The molecule has 1 saturated heterocycles. The van der Waals surface area contributed by atoms with Crippen LogP contribution in [-0.4, -0.2) is 11.9 Å². The van der Waals surface area contributed by atoms with E-state index in [1.54, 1.807) is 0 Å². The lowest BCUT2D eigenvalue weighted by atomic mass is 10.1. The van der Waals surface area contributed by atoms with Gasteiger partial charge in [0.2, 0.25) is 0 Å². The smallest absolute Gasteiger partial charge is 0.379 e. The van der Waals surface area contributed by atoms with Crippen molar-refractivity contribution in [3.8, 4) is 11.8 Å². The van der Waals surface area contributed by atoms with Gasteiger partial charge in [0.05, 0.1) is 0 Å². The van der Waals surface area contributed by atoms with Crippen molar-refractivity contribution in [2.24, 2.45) is 5.92 Å². The Kier molecular flexibility index (Phi) is 4.02. The first kappa shape index (κ1) is 11.9. The third kappa shape index (κ3) is 3.47. The van der Waals surface area contributed by atoms with Crippen molar-refractivity contribution in [3.63, 3.8) is 0 Å². The van der Waals surface area contributed by atoms with Crippen LogP contribution in [0.3, 0.4) is 0 Å². The number of carbonyl (C=O) groups is 1. The molecule has 1 heterocycles. The molecule has 0 amide bonds. The van der Waals surface area contributed by atoms with Crippen molar-refractivity contribution in [2.75, 3.05) is 0 Å². The van der Waals surface area contributed by atoms with E-state index in [1.807, 2.05) is 0 Å². The highest BCUT2D eigenvalue weighted by Gasteiger charge is 2.46. The Morgan fingerprint density at radius 2 is 2.07 bits per heavy atom. The summed E-state index contributed by atoms with van der Waals surface area (Å²) in [4.78, 5) is 10.7. The van der Waals surface area contributed by atoms with E-state index < -0.39 is 11.9 Å². The van der Waals surface area contributed by atoms with Gasteiger partial charge in [0.15, 0.2) is 0 Å². The van der Waals surface area contributed by atoms with Crippen LogP contribution in [0, 0.1) is 17.8 Å². The van der Waals surface area contributed by atoms with Gasteiger partial charge < -0.3 is 9.47 Å². The minimum atomic E-state index is -0.929. The molecule has 84 valence electrons. The molecular weight excluding hydrogens is 192 g/mol. The van der Waals surface area contributed by atoms with Crippen LogP contribution in [0.2, 0.25) is 0 Å². The molecule has 1 fully saturated rings. The van der Waals surface area contributed by atoms with E-state index in [0.29, 0.717) is 12.3 Å². The normalized spacial score (nSPS) is 17.2. The Labute approximate surface area is 91.1 Å². The summed E-state index contributed by atoms with van der Waals surface area (Å²) in [6, 6.07) is 0. The molecule has 0 unspecified atom stereocenters. The highest BCUT2D eigenvalue weighted by molar-refractivity contribution is 5.67. The van der Waals surface area contributed by atoms with Gasteiger partial charge in [0, 0.05) is 12.8 Å². The number of unbranched alkanes of at least 4 members (excludes halogenated alkanes) is 1. The first-order valence-corrected chi connectivity index (χ1v) is 5.50. The van der Waals surface area contributed by atoms with Crippen molar-refractivity contribution in [3.05, 3.63) is 0 Å². The zero-order chi connectivity index (χ0) is 11.3. The van der Waals surface area contributed by atoms with Gasteiger partial charge in [0.25, 0.3) is 0 Å². The molecule has 3 nitrogen and oxygen atoms in total. The summed E-state index contributed by atoms with van der Waals surface area (Å²) < 4.78 is 9.95.